The summed E-state index contributed by atoms with van der Waals surface area (Å²) >= 11 is 0. The molecule has 0 aliphatic carbocycles. The molecule has 0 radical (unpaired) electrons. The van der Waals surface area contributed by atoms with Gasteiger partial charge in [0.2, 0.25) is 0 Å². The fourth-order valence-electron chi connectivity index (χ4n) is 1.03. The van der Waals surface area contributed by atoms with Crippen molar-refractivity contribution in [3.8, 4) is 12.1 Å². The van der Waals surface area contributed by atoms with Gasteiger partial charge in [-0.25, -0.2) is 8.42 Å². The lowest BCUT2D eigenvalue weighted by Crippen LogP contribution is -2.05. The fourth-order valence-corrected chi connectivity index (χ4v) is 2.18. The van der Waals surface area contributed by atoms with Crippen molar-refractivity contribution in [2.24, 2.45) is 0 Å². The van der Waals surface area contributed by atoms with E-state index in [0.29, 0.717) is 5.56 Å². The Kier molecular flexibility index (Phi) is 3.43. The van der Waals surface area contributed by atoms with E-state index in [9.17, 15) is 8.42 Å². The summed E-state index contributed by atoms with van der Waals surface area (Å²) in [6, 6.07) is 9.33. The molecule has 76 valence electrons. The average molecular weight is 220 g/mol. The van der Waals surface area contributed by atoms with Gasteiger partial charge in [0.1, 0.15) is 0 Å². The molecule has 0 aromatic heterocycles. The molecule has 15 heavy (non-hydrogen) atoms. The lowest BCUT2D eigenvalue weighted by atomic mass is 10.2. The number of hydrogen-bond donors (Lipinski definition) is 0. The molecule has 1 aromatic carbocycles. The summed E-state index contributed by atoms with van der Waals surface area (Å²) in [6.45, 7) is 0. The van der Waals surface area contributed by atoms with Crippen LogP contribution in [0.4, 0.5) is 0 Å². The van der Waals surface area contributed by atoms with Gasteiger partial charge in [-0.15, -0.1) is 0 Å². The third-order valence-corrected chi connectivity index (χ3v) is 3.56. The van der Waals surface area contributed by atoms with Crippen LogP contribution in [0.3, 0.4) is 0 Å². The molecule has 0 saturated carbocycles. The van der Waals surface area contributed by atoms with Crippen LogP contribution >= 0.6 is 0 Å². The maximum absolute atomic E-state index is 11.6. The van der Waals surface area contributed by atoms with Gasteiger partial charge in [-0.3, -0.25) is 0 Å². The molecule has 0 fully saturated rings. The van der Waals surface area contributed by atoms with Gasteiger partial charge in [-0.2, -0.15) is 10.5 Å². The van der Waals surface area contributed by atoms with E-state index in [1.54, 1.807) is 6.07 Å². The van der Waals surface area contributed by atoms with E-state index >= 15 is 0 Å². The number of sulfone groups is 1. The quantitative estimate of drug-likeness (QED) is 0.767. The van der Waals surface area contributed by atoms with Crippen LogP contribution in [0, 0.1) is 22.7 Å². The molecule has 1 rings (SSSR count). The molecule has 0 aliphatic rings. The molecule has 0 N–H and O–H groups in total. The minimum atomic E-state index is -3.38. The monoisotopic (exact) mass is 220 g/mol. The zero-order valence-electron chi connectivity index (χ0n) is 7.84. The molecule has 1 aromatic rings. The third kappa shape index (κ3) is 2.80. The molecule has 0 bridgehead atoms. The highest BCUT2D eigenvalue weighted by Crippen LogP contribution is 2.12. The second-order valence-electron chi connectivity index (χ2n) is 2.86. The van der Waals surface area contributed by atoms with E-state index < -0.39 is 9.84 Å². The Balaban J connectivity index is 2.98. The van der Waals surface area contributed by atoms with E-state index in [4.69, 9.17) is 10.5 Å². The summed E-state index contributed by atoms with van der Waals surface area (Å²) < 4.78 is 23.1. The first-order valence-electron chi connectivity index (χ1n) is 4.20. The standard InChI is InChI=1S/C10H8N2O2S/c11-6-1-7-15(13,14)10-4-2-9(8-12)3-5-10/h2-5H,1,7H2. The fraction of sp³-hybridized carbons (Fsp3) is 0.200. The molecular formula is C10H8N2O2S. The lowest BCUT2D eigenvalue weighted by Gasteiger charge is -2.00. The minimum Gasteiger partial charge on any atom is -0.224 e. The SMILES string of the molecule is N#CCCS(=O)(=O)c1ccc(C#N)cc1. The number of rotatable bonds is 3. The molecule has 0 aliphatic heterocycles. The van der Waals surface area contributed by atoms with Crippen molar-refractivity contribution in [1.29, 1.82) is 10.5 Å². The largest absolute Gasteiger partial charge is 0.224 e. The third-order valence-electron chi connectivity index (χ3n) is 1.83. The Bertz CT molecular complexity index is 518. The van der Waals surface area contributed by atoms with Crippen molar-refractivity contribution < 1.29 is 8.42 Å². The number of hydrogen-bond acceptors (Lipinski definition) is 4. The first-order chi connectivity index (χ1) is 7.10. The van der Waals surface area contributed by atoms with E-state index in [-0.39, 0.29) is 17.1 Å². The molecule has 0 amide bonds. The minimum absolute atomic E-state index is 0.0255. The first kappa shape index (κ1) is 11.2. The van der Waals surface area contributed by atoms with Gasteiger partial charge < -0.3 is 0 Å². The Morgan fingerprint density at radius 1 is 1.13 bits per heavy atom. The van der Waals surface area contributed by atoms with E-state index in [2.05, 4.69) is 0 Å². The zero-order chi connectivity index (χ0) is 11.3. The molecule has 0 saturated heterocycles. The van der Waals surface area contributed by atoms with Crippen molar-refractivity contribution in [3.63, 3.8) is 0 Å². The van der Waals surface area contributed by atoms with Crippen LogP contribution in [0.15, 0.2) is 29.2 Å². The van der Waals surface area contributed by atoms with E-state index in [1.807, 2.05) is 6.07 Å². The number of benzene rings is 1. The van der Waals surface area contributed by atoms with Crippen LogP contribution in [0.5, 0.6) is 0 Å². The maximum Gasteiger partial charge on any atom is 0.179 e. The normalized spacial score (nSPS) is 10.3. The molecule has 0 atom stereocenters. The zero-order valence-corrected chi connectivity index (χ0v) is 8.66. The smallest absolute Gasteiger partial charge is 0.179 e. The van der Waals surface area contributed by atoms with Crippen molar-refractivity contribution >= 4 is 9.84 Å². The van der Waals surface area contributed by atoms with Crippen molar-refractivity contribution in [1.82, 2.24) is 0 Å². The van der Waals surface area contributed by atoms with Gasteiger partial charge in [-0.1, -0.05) is 0 Å². The highest BCUT2D eigenvalue weighted by atomic mass is 32.2. The van der Waals surface area contributed by atoms with Gasteiger partial charge in [0.05, 0.1) is 28.4 Å². The summed E-state index contributed by atoms with van der Waals surface area (Å²) in [7, 11) is -3.38. The van der Waals surface area contributed by atoms with Gasteiger partial charge >= 0.3 is 0 Å². The number of nitrogens with zero attached hydrogens (tertiary/aromatic N) is 2. The maximum atomic E-state index is 11.6. The topological polar surface area (TPSA) is 81.7 Å². The van der Waals surface area contributed by atoms with Crippen LogP contribution in [0.25, 0.3) is 0 Å². The van der Waals surface area contributed by atoms with Gasteiger partial charge in [0.25, 0.3) is 0 Å². The van der Waals surface area contributed by atoms with Crippen molar-refractivity contribution in [2.45, 2.75) is 11.3 Å². The second kappa shape index (κ2) is 4.59. The summed E-state index contributed by atoms with van der Waals surface area (Å²) in [5.41, 5.74) is 0.411. The Labute approximate surface area is 88.3 Å². The molecule has 0 spiro atoms. The highest BCUT2D eigenvalue weighted by Gasteiger charge is 2.13. The van der Waals surface area contributed by atoms with Gasteiger partial charge in [-0.05, 0) is 24.3 Å². The highest BCUT2D eigenvalue weighted by molar-refractivity contribution is 7.91. The molecular weight excluding hydrogens is 212 g/mol. The molecule has 4 nitrogen and oxygen atoms in total. The van der Waals surface area contributed by atoms with Crippen molar-refractivity contribution in [3.05, 3.63) is 29.8 Å². The molecule has 0 unspecified atom stereocenters. The van der Waals surface area contributed by atoms with Gasteiger partial charge in [0.15, 0.2) is 9.84 Å². The van der Waals surface area contributed by atoms with E-state index in [0.717, 1.165) is 0 Å². The number of nitriles is 2. The van der Waals surface area contributed by atoms with Crippen LogP contribution < -0.4 is 0 Å². The predicted molar refractivity (Wildman–Crippen MR) is 53.4 cm³/mol. The van der Waals surface area contributed by atoms with E-state index in [1.165, 1.54) is 24.3 Å². The van der Waals surface area contributed by atoms with Crippen LogP contribution in [0.2, 0.25) is 0 Å². The molecule has 0 heterocycles. The second-order valence-corrected chi connectivity index (χ2v) is 4.97. The van der Waals surface area contributed by atoms with Crippen LogP contribution in [-0.2, 0) is 9.84 Å². The van der Waals surface area contributed by atoms with Crippen LogP contribution in [-0.4, -0.2) is 14.2 Å². The van der Waals surface area contributed by atoms with Crippen LogP contribution in [0.1, 0.15) is 12.0 Å². The summed E-state index contributed by atoms with van der Waals surface area (Å²) in [6.07, 6.45) is -0.0255. The summed E-state index contributed by atoms with van der Waals surface area (Å²) in [4.78, 5) is 0.150. The summed E-state index contributed by atoms with van der Waals surface area (Å²) in [5.74, 6) is -0.185. The van der Waals surface area contributed by atoms with Crippen molar-refractivity contribution in [2.75, 3.05) is 5.75 Å². The molecule has 5 heteroatoms. The summed E-state index contributed by atoms with van der Waals surface area (Å²) in [5, 5.41) is 16.8. The Hall–Kier alpha value is -1.85. The predicted octanol–water partition coefficient (Wildman–Crippen LogP) is 1.25. The Morgan fingerprint density at radius 2 is 1.73 bits per heavy atom. The lowest BCUT2D eigenvalue weighted by molar-refractivity contribution is 0.596. The van der Waals surface area contributed by atoms with Gasteiger partial charge in [0, 0.05) is 6.42 Å². The first-order valence-corrected chi connectivity index (χ1v) is 5.85. The Morgan fingerprint density at radius 3 is 2.20 bits per heavy atom. The average Bonchev–Trinajstić information content (AvgIpc) is 2.26.